The van der Waals surface area contributed by atoms with Crippen LogP contribution < -0.4 is 5.73 Å². The number of hydrogen-bond acceptors (Lipinski definition) is 2. The second-order valence-electron chi connectivity index (χ2n) is 3.87. The Bertz CT molecular complexity index is 265. The van der Waals surface area contributed by atoms with E-state index in [4.69, 9.17) is 10.2 Å². The van der Waals surface area contributed by atoms with E-state index >= 15 is 0 Å². The summed E-state index contributed by atoms with van der Waals surface area (Å²) in [5.74, 6) is 3.11. The molecule has 72 valence electrons. The minimum atomic E-state index is 0.608. The lowest BCUT2D eigenvalue weighted by atomic mass is 10.2. The summed E-state index contributed by atoms with van der Waals surface area (Å²) in [6.07, 6.45) is 4.82. The van der Waals surface area contributed by atoms with Gasteiger partial charge in [0, 0.05) is 24.9 Å². The van der Waals surface area contributed by atoms with Crippen LogP contribution in [0.2, 0.25) is 0 Å². The minimum absolute atomic E-state index is 0.608. The Morgan fingerprint density at radius 2 is 2.31 bits per heavy atom. The molecule has 0 atom stereocenters. The van der Waals surface area contributed by atoms with E-state index in [0.29, 0.717) is 6.54 Å². The summed E-state index contributed by atoms with van der Waals surface area (Å²) in [4.78, 5) is 0. The molecule has 1 saturated carbocycles. The van der Waals surface area contributed by atoms with E-state index in [2.05, 4.69) is 13.0 Å². The van der Waals surface area contributed by atoms with Crippen LogP contribution in [0, 0.1) is 5.92 Å². The molecule has 13 heavy (non-hydrogen) atoms. The van der Waals surface area contributed by atoms with Crippen LogP contribution in [0.3, 0.4) is 0 Å². The predicted molar refractivity (Wildman–Crippen MR) is 52.4 cm³/mol. The summed E-state index contributed by atoms with van der Waals surface area (Å²) in [5.41, 5.74) is 6.82. The van der Waals surface area contributed by atoms with Gasteiger partial charge in [-0.25, -0.2) is 0 Å². The maximum Gasteiger partial charge on any atom is 0.108 e. The van der Waals surface area contributed by atoms with Gasteiger partial charge in [-0.05, 0) is 24.8 Å². The standard InChI is InChI=1S/C11H17NO/c1-2-11-9(7-12)6-10(13-11)5-8-3-4-8/h6,8H,2-5,7,12H2,1H3. The van der Waals surface area contributed by atoms with Crippen LogP contribution in [0.5, 0.6) is 0 Å². The van der Waals surface area contributed by atoms with Crippen LogP contribution >= 0.6 is 0 Å². The average Bonchev–Trinajstić information content (AvgIpc) is 2.84. The molecular weight excluding hydrogens is 162 g/mol. The molecule has 1 aromatic heterocycles. The highest BCUT2D eigenvalue weighted by molar-refractivity contribution is 5.22. The molecule has 1 heterocycles. The van der Waals surface area contributed by atoms with Crippen LogP contribution in [0.15, 0.2) is 10.5 Å². The van der Waals surface area contributed by atoms with E-state index in [-0.39, 0.29) is 0 Å². The molecule has 1 aliphatic rings. The molecule has 0 bridgehead atoms. The third-order valence-corrected chi connectivity index (χ3v) is 2.68. The molecule has 2 rings (SSSR count). The second-order valence-corrected chi connectivity index (χ2v) is 3.87. The monoisotopic (exact) mass is 179 g/mol. The van der Waals surface area contributed by atoms with Gasteiger partial charge in [0.2, 0.25) is 0 Å². The molecule has 0 amide bonds. The van der Waals surface area contributed by atoms with Crippen LogP contribution in [0.1, 0.15) is 36.8 Å². The van der Waals surface area contributed by atoms with Crippen LogP contribution in [-0.4, -0.2) is 0 Å². The van der Waals surface area contributed by atoms with Crippen molar-refractivity contribution < 1.29 is 4.42 Å². The number of aryl methyl sites for hydroxylation is 1. The van der Waals surface area contributed by atoms with Crippen LogP contribution in [0.25, 0.3) is 0 Å². The molecule has 0 spiro atoms. The van der Waals surface area contributed by atoms with Gasteiger partial charge in [0.1, 0.15) is 11.5 Å². The Kier molecular flexibility index (Phi) is 2.40. The first-order valence-electron chi connectivity index (χ1n) is 5.14. The van der Waals surface area contributed by atoms with Gasteiger partial charge in [0.25, 0.3) is 0 Å². The first-order chi connectivity index (χ1) is 6.33. The van der Waals surface area contributed by atoms with Gasteiger partial charge < -0.3 is 10.2 Å². The zero-order valence-electron chi connectivity index (χ0n) is 8.18. The summed E-state index contributed by atoms with van der Waals surface area (Å²) in [5, 5.41) is 0. The Morgan fingerprint density at radius 3 is 2.77 bits per heavy atom. The van der Waals surface area contributed by atoms with Gasteiger partial charge in [0.15, 0.2) is 0 Å². The van der Waals surface area contributed by atoms with Crippen molar-refractivity contribution in [2.75, 3.05) is 0 Å². The van der Waals surface area contributed by atoms with Crippen molar-refractivity contribution in [2.45, 2.75) is 39.2 Å². The van der Waals surface area contributed by atoms with E-state index in [1.54, 1.807) is 0 Å². The first kappa shape index (κ1) is 8.82. The largest absolute Gasteiger partial charge is 0.466 e. The van der Waals surface area contributed by atoms with Crippen molar-refractivity contribution in [3.63, 3.8) is 0 Å². The summed E-state index contributed by atoms with van der Waals surface area (Å²) >= 11 is 0. The maximum absolute atomic E-state index is 5.73. The summed E-state index contributed by atoms with van der Waals surface area (Å²) in [6, 6.07) is 2.14. The minimum Gasteiger partial charge on any atom is -0.466 e. The number of hydrogen-bond donors (Lipinski definition) is 1. The van der Waals surface area contributed by atoms with E-state index in [1.807, 2.05) is 0 Å². The Balaban J connectivity index is 2.11. The van der Waals surface area contributed by atoms with Crippen LogP contribution in [-0.2, 0) is 19.4 Å². The fourth-order valence-electron chi connectivity index (χ4n) is 1.71. The fraction of sp³-hybridized carbons (Fsp3) is 0.636. The highest BCUT2D eigenvalue weighted by Gasteiger charge is 2.23. The highest BCUT2D eigenvalue weighted by Crippen LogP contribution is 2.33. The fourth-order valence-corrected chi connectivity index (χ4v) is 1.71. The number of furan rings is 1. The van der Waals surface area contributed by atoms with Gasteiger partial charge in [-0.2, -0.15) is 0 Å². The van der Waals surface area contributed by atoms with Gasteiger partial charge >= 0.3 is 0 Å². The molecule has 2 heteroatoms. The predicted octanol–water partition coefficient (Wildman–Crippen LogP) is 2.25. The smallest absolute Gasteiger partial charge is 0.108 e. The topological polar surface area (TPSA) is 39.2 Å². The summed E-state index contributed by atoms with van der Waals surface area (Å²) < 4.78 is 5.73. The third-order valence-electron chi connectivity index (χ3n) is 2.68. The molecule has 1 fully saturated rings. The lowest BCUT2D eigenvalue weighted by Crippen LogP contribution is -1.96. The number of nitrogens with two attached hydrogens (primary N) is 1. The van der Waals surface area contributed by atoms with Gasteiger partial charge in [0.05, 0.1) is 0 Å². The molecule has 1 aromatic rings. The van der Waals surface area contributed by atoms with Crippen molar-refractivity contribution in [1.82, 2.24) is 0 Å². The Morgan fingerprint density at radius 1 is 1.54 bits per heavy atom. The Labute approximate surface area is 79.1 Å². The molecule has 2 nitrogen and oxygen atoms in total. The average molecular weight is 179 g/mol. The zero-order valence-corrected chi connectivity index (χ0v) is 8.18. The molecule has 0 saturated heterocycles. The van der Waals surface area contributed by atoms with Gasteiger partial charge in [-0.3, -0.25) is 0 Å². The third kappa shape index (κ3) is 1.94. The van der Waals surface area contributed by atoms with E-state index < -0.39 is 0 Å². The van der Waals surface area contributed by atoms with E-state index in [9.17, 15) is 0 Å². The van der Waals surface area contributed by atoms with Crippen molar-refractivity contribution >= 4 is 0 Å². The van der Waals surface area contributed by atoms with Crippen molar-refractivity contribution in [2.24, 2.45) is 11.7 Å². The lowest BCUT2D eigenvalue weighted by Gasteiger charge is -1.93. The van der Waals surface area contributed by atoms with E-state index in [0.717, 1.165) is 30.3 Å². The molecular formula is C11H17NO. The van der Waals surface area contributed by atoms with Crippen molar-refractivity contribution in [3.05, 3.63) is 23.2 Å². The first-order valence-corrected chi connectivity index (χ1v) is 5.14. The van der Waals surface area contributed by atoms with E-state index in [1.165, 1.54) is 18.4 Å². The molecule has 0 unspecified atom stereocenters. The zero-order chi connectivity index (χ0) is 9.26. The quantitative estimate of drug-likeness (QED) is 0.770. The molecule has 0 aromatic carbocycles. The molecule has 0 radical (unpaired) electrons. The summed E-state index contributed by atoms with van der Waals surface area (Å²) in [7, 11) is 0. The molecule has 1 aliphatic carbocycles. The number of rotatable bonds is 4. The second kappa shape index (κ2) is 3.54. The lowest BCUT2D eigenvalue weighted by molar-refractivity contribution is 0.458. The Hall–Kier alpha value is -0.760. The van der Waals surface area contributed by atoms with Crippen molar-refractivity contribution in [3.8, 4) is 0 Å². The SMILES string of the molecule is CCc1oc(CC2CC2)cc1CN. The molecule has 2 N–H and O–H groups in total. The van der Waals surface area contributed by atoms with Crippen LogP contribution in [0.4, 0.5) is 0 Å². The maximum atomic E-state index is 5.73. The van der Waals surface area contributed by atoms with Crippen molar-refractivity contribution in [1.29, 1.82) is 0 Å². The normalized spacial score (nSPS) is 16.5. The van der Waals surface area contributed by atoms with Gasteiger partial charge in [-0.15, -0.1) is 0 Å². The molecule has 0 aliphatic heterocycles. The summed E-state index contributed by atoms with van der Waals surface area (Å²) in [6.45, 7) is 2.72. The van der Waals surface area contributed by atoms with Gasteiger partial charge in [-0.1, -0.05) is 6.92 Å². The highest BCUT2D eigenvalue weighted by atomic mass is 16.3.